The molecule has 0 heterocycles. The summed E-state index contributed by atoms with van der Waals surface area (Å²) in [5, 5.41) is 8.49. The van der Waals surface area contributed by atoms with Crippen molar-refractivity contribution >= 4 is 18.2 Å². The second kappa shape index (κ2) is 17.4. The van der Waals surface area contributed by atoms with E-state index in [9.17, 15) is 14.4 Å². The molecule has 0 aromatic heterocycles. The third-order valence-electron chi connectivity index (χ3n) is 3.77. The lowest BCUT2D eigenvalue weighted by molar-refractivity contribution is -0.146. The van der Waals surface area contributed by atoms with Gasteiger partial charge in [0.15, 0.2) is 0 Å². The van der Waals surface area contributed by atoms with Crippen LogP contribution in [0.1, 0.15) is 36.0 Å². The molecule has 30 heavy (non-hydrogen) atoms. The van der Waals surface area contributed by atoms with Gasteiger partial charge in [0.25, 0.3) is 0 Å². The van der Waals surface area contributed by atoms with Crippen LogP contribution < -0.4 is 4.74 Å². The van der Waals surface area contributed by atoms with Gasteiger partial charge >= 0.3 is 11.9 Å². The van der Waals surface area contributed by atoms with Crippen LogP contribution >= 0.6 is 0 Å². The highest BCUT2D eigenvalue weighted by Gasteiger charge is 2.04. The summed E-state index contributed by atoms with van der Waals surface area (Å²) in [4.78, 5) is 32.3. The van der Waals surface area contributed by atoms with Crippen molar-refractivity contribution in [3.63, 3.8) is 0 Å². The predicted molar refractivity (Wildman–Crippen MR) is 107 cm³/mol. The Hall–Kier alpha value is -2.49. The molecule has 0 aliphatic heterocycles. The monoisotopic (exact) mass is 426 g/mol. The first-order valence-electron chi connectivity index (χ1n) is 9.90. The zero-order valence-corrected chi connectivity index (χ0v) is 17.1. The lowest BCUT2D eigenvalue weighted by Gasteiger charge is -2.08. The molecule has 0 saturated heterocycles. The van der Waals surface area contributed by atoms with Crippen LogP contribution in [0.2, 0.25) is 0 Å². The molecule has 0 bridgehead atoms. The summed E-state index contributed by atoms with van der Waals surface area (Å²) in [7, 11) is 0. The fraction of sp³-hybridized carbons (Fsp3) is 0.571. The maximum Gasteiger partial charge on any atom is 0.305 e. The third kappa shape index (κ3) is 14.5. The number of hydrogen-bond acceptors (Lipinski definition) is 8. The van der Waals surface area contributed by atoms with E-state index >= 15 is 0 Å². The summed E-state index contributed by atoms with van der Waals surface area (Å²) in [6.07, 6.45) is 2.02. The average molecular weight is 426 g/mol. The van der Waals surface area contributed by atoms with Crippen molar-refractivity contribution in [1.29, 1.82) is 0 Å². The SMILES string of the molecule is O=Cc1ccc(OCCOCCOCCOCCOC(=O)CCCCC(=O)O)cc1. The molecule has 0 radical (unpaired) electrons. The van der Waals surface area contributed by atoms with E-state index in [0.29, 0.717) is 63.8 Å². The highest BCUT2D eigenvalue weighted by atomic mass is 16.6. The zero-order valence-electron chi connectivity index (χ0n) is 17.1. The number of carboxylic acids is 1. The Bertz CT molecular complexity index is 601. The Balaban J connectivity index is 1.80. The molecule has 0 unspecified atom stereocenters. The van der Waals surface area contributed by atoms with Crippen molar-refractivity contribution in [3.05, 3.63) is 29.8 Å². The molecule has 168 valence electrons. The number of carboxylic acid groups (broad SMARTS) is 1. The van der Waals surface area contributed by atoms with Gasteiger partial charge in [-0.25, -0.2) is 0 Å². The zero-order chi connectivity index (χ0) is 21.9. The molecule has 0 amide bonds. The van der Waals surface area contributed by atoms with Crippen LogP contribution in [-0.4, -0.2) is 76.2 Å². The maximum absolute atomic E-state index is 11.4. The summed E-state index contributed by atoms with van der Waals surface area (Å²) in [5.41, 5.74) is 0.603. The van der Waals surface area contributed by atoms with Crippen LogP contribution in [0.4, 0.5) is 0 Å². The Kier molecular flexibility index (Phi) is 14.8. The number of benzene rings is 1. The van der Waals surface area contributed by atoms with E-state index in [4.69, 9.17) is 28.8 Å². The van der Waals surface area contributed by atoms with Gasteiger partial charge in [-0.15, -0.1) is 0 Å². The minimum atomic E-state index is -0.863. The minimum Gasteiger partial charge on any atom is -0.491 e. The predicted octanol–water partition coefficient (Wildman–Crippen LogP) is 2.12. The Morgan fingerprint density at radius 3 is 1.87 bits per heavy atom. The fourth-order valence-corrected chi connectivity index (χ4v) is 2.24. The summed E-state index contributed by atoms with van der Waals surface area (Å²) >= 11 is 0. The van der Waals surface area contributed by atoms with Gasteiger partial charge in [0.1, 0.15) is 25.2 Å². The Morgan fingerprint density at radius 1 is 0.767 bits per heavy atom. The molecular formula is C21H30O9. The van der Waals surface area contributed by atoms with Gasteiger partial charge in [-0.05, 0) is 37.1 Å². The number of rotatable bonds is 19. The van der Waals surface area contributed by atoms with E-state index < -0.39 is 5.97 Å². The first kappa shape index (κ1) is 25.5. The molecule has 1 aromatic carbocycles. The molecule has 1 rings (SSSR count). The molecule has 0 atom stereocenters. The number of carbonyl (C=O) groups excluding carboxylic acids is 2. The highest BCUT2D eigenvalue weighted by molar-refractivity contribution is 5.74. The molecule has 1 N–H and O–H groups in total. The number of ether oxygens (including phenoxy) is 5. The molecule has 9 heteroatoms. The average Bonchev–Trinajstić information content (AvgIpc) is 2.74. The van der Waals surface area contributed by atoms with Crippen molar-refractivity contribution in [3.8, 4) is 5.75 Å². The van der Waals surface area contributed by atoms with Crippen LogP contribution in [0.3, 0.4) is 0 Å². The van der Waals surface area contributed by atoms with Gasteiger partial charge in [-0.2, -0.15) is 0 Å². The summed E-state index contributed by atoms with van der Waals surface area (Å²) in [6.45, 7) is 2.95. The van der Waals surface area contributed by atoms with Gasteiger partial charge in [0, 0.05) is 18.4 Å². The molecule has 0 saturated carbocycles. The van der Waals surface area contributed by atoms with Gasteiger partial charge in [-0.1, -0.05) is 0 Å². The van der Waals surface area contributed by atoms with Crippen LogP contribution in [0, 0.1) is 0 Å². The van der Waals surface area contributed by atoms with Crippen molar-refractivity contribution in [1.82, 2.24) is 0 Å². The van der Waals surface area contributed by atoms with E-state index in [2.05, 4.69) is 0 Å². The largest absolute Gasteiger partial charge is 0.491 e. The molecule has 0 aliphatic rings. The van der Waals surface area contributed by atoms with E-state index in [1.165, 1.54) is 0 Å². The number of aliphatic carboxylic acids is 1. The van der Waals surface area contributed by atoms with E-state index in [1.54, 1.807) is 24.3 Å². The Labute approximate surface area is 176 Å². The van der Waals surface area contributed by atoms with E-state index in [-0.39, 0.29) is 32.0 Å². The molecule has 9 nitrogen and oxygen atoms in total. The van der Waals surface area contributed by atoms with Crippen LogP contribution in [0.25, 0.3) is 0 Å². The maximum atomic E-state index is 11.4. The summed E-state index contributed by atoms with van der Waals surface area (Å²) < 4.78 is 26.5. The van der Waals surface area contributed by atoms with Crippen LogP contribution in [-0.2, 0) is 28.5 Å². The molecule has 1 aromatic rings. The van der Waals surface area contributed by atoms with Gasteiger partial charge in [-0.3, -0.25) is 14.4 Å². The number of hydrogen-bond donors (Lipinski definition) is 1. The standard InChI is InChI=1S/C21H30O9/c22-17-18-5-7-19(8-6-18)29-15-13-27-11-9-26-10-12-28-14-16-30-21(25)4-2-1-3-20(23)24/h5-8,17H,1-4,9-16H2,(H,23,24). The highest BCUT2D eigenvalue weighted by Crippen LogP contribution is 2.10. The van der Waals surface area contributed by atoms with Crippen LogP contribution in [0.15, 0.2) is 24.3 Å². The van der Waals surface area contributed by atoms with Gasteiger partial charge in [0.05, 0.1) is 39.6 Å². The smallest absolute Gasteiger partial charge is 0.305 e. The van der Waals surface area contributed by atoms with Crippen LogP contribution in [0.5, 0.6) is 5.75 Å². The lowest BCUT2D eigenvalue weighted by atomic mass is 10.2. The molecule has 0 fully saturated rings. The van der Waals surface area contributed by atoms with Gasteiger partial charge < -0.3 is 28.8 Å². The number of carbonyl (C=O) groups is 3. The normalized spacial score (nSPS) is 10.5. The second-order valence-electron chi connectivity index (χ2n) is 6.19. The van der Waals surface area contributed by atoms with Crippen molar-refractivity contribution in [2.24, 2.45) is 0 Å². The molecular weight excluding hydrogens is 396 g/mol. The first-order chi connectivity index (χ1) is 14.6. The van der Waals surface area contributed by atoms with Crippen molar-refractivity contribution < 1.29 is 43.2 Å². The first-order valence-corrected chi connectivity index (χ1v) is 9.90. The molecule has 0 aliphatic carbocycles. The molecule has 0 spiro atoms. The summed E-state index contributed by atoms with van der Waals surface area (Å²) in [6, 6.07) is 6.84. The Morgan fingerprint density at radius 2 is 1.30 bits per heavy atom. The minimum absolute atomic E-state index is 0.0625. The quantitative estimate of drug-likeness (QED) is 0.202. The fourth-order valence-electron chi connectivity index (χ4n) is 2.24. The number of aldehydes is 1. The summed E-state index contributed by atoms with van der Waals surface area (Å²) in [5.74, 6) is -0.528. The van der Waals surface area contributed by atoms with E-state index in [0.717, 1.165) is 6.29 Å². The topological polar surface area (TPSA) is 118 Å². The number of esters is 1. The van der Waals surface area contributed by atoms with Gasteiger partial charge in [0.2, 0.25) is 0 Å². The van der Waals surface area contributed by atoms with E-state index in [1.807, 2.05) is 0 Å². The number of unbranched alkanes of at least 4 members (excludes halogenated alkanes) is 1. The van der Waals surface area contributed by atoms with Crippen molar-refractivity contribution in [2.75, 3.05) is 52.9 Å². The third-order valence-corrected chi connectivity index (χ3v) is 3.77. The second-order valence-corrected chi connectivity index (χ2v) is 6.19. The lowest BCUT2D eigenvalue weighted by Crippen LogP contribution is -2.14. The van der Waals surface area contributed by atoms with Crippen molar-refractivity contribution in [2.45, 2.75) is 25.7 Å².